The van der Waals surface area contributed by atoms with Crippen molar-refractivity contribution < 1.29 is 4.79 Å². The smallest absolute Gasteiger partial charge is 0.283 e. The standard InChI is InChI=1S/C12H11BrN4OS/c1-7-10(19-12(14)16-7)11(18)17-15-6-8-4-2-3-5-9(8)13/h2-6H,1H3,(H2,14,16)(H,17,18)/b15-6-. The summed E-state index contributed by atoms with van der Waals surface area (Å²) in [6.45, 7) is 1.74. The molecule has 0 spiro atoms. The van der Waals surface area contributed by atoms with Gasteiger partial charge in [-0.25, -0.2) is 10.4 Å². The Labute approximate surface area is 122 Å². The zero-order valence-electron chi connectivity index (χ0n) is 10.1. The van der Waals surface area contributed by atoms with E-state index in [9.17, 15) is 4.79 Å². The van der Waals surface area contributed by atoms with E-state index in [0.717, 1.165) is 21.4 Å². The van der Waals surface area contributed by atoms with Crippen molar-refractivity contribution in [2.24, 2.45) is 5.10 Å². The molecule has 1 amide bonds. The Balaban J connectivity index is 2.05. The Morgan fingerprint density at radius 2 is 2.26 bits per heavy atom. The van der Waals surface area contributed by atoms with E-state index in [4.69, 9.17) is 5.73 Å². The number of carbonyl (C=O) groups is 1. The van der Waals surface area contributed by atoms with Crippen molar-refractivity contribution in [3.05, 3.63) is 44.9 Å². The van der Waals surface area contributed by atoms with Gasteiger partial charge < -0.3 is 5.73 Å². The van der Waals surface area contributed by atoms with E-state index in [1.54, 1.807) is 13.1 Å². The van der Waals surface area contributed by atoms with Crippen molar-refractivity contribution in [3.8, 4) is 0 Å². The number of nitrogen functional groups attached to an aromatic ring is 1. The number of halogens is 1. The highest BCUT2D eigenvalue weighted by atomic mass is 79.9. The molecular weight excluding hydrogens is 328 g/mol. The van der Waals surface area contributed by atoms with Gasteiger partial charge in [0.1, 0.15) is 4.88 Å². The zero-order chi connectivity index (χ0) is 13.8. The number of amides is 1. The molecule has 0 aliphatic carbocycles. The first-order valence-corrected chi connectivity index (χ1v) is 6.99. The van der Waals surface area contributed by atoms with Gasteiger partial charge in [0, 0.05) is 10.0 Å². The Bertz CT molecular complexity index is 638. The van der Waals surface area contributed by atoms with Crippen LogP contribution in [0.5, 0.6) is 0 Å². The van der Waals surface area contributed by atoms with Gasteiger partial charge in [-0.1, -0.05) is 45.5 Å². The number of aryl methyl sites for hydroxylation is 1. The third-order valence-electron chi connectivity index (χ3n) is 2.29. The van der Waals surface area contributed by atoms with Crippen molar-refractivity contribution in [2.75, 3.05) is 5.73 Å². The van der Waals surface area contributed by atoms with Gasteiger partial charge in [-0.3, -0.25) is 4.79 Å². The summed E-state index contributed by atoms with van der Waals surface area (Å²) in [4.78, 5) is 16.3. The quantitative estimate of drug-likeness (QED) is 0.666. The molecule has 2 rings (SSSR count). The maximum absolute atomic E-state index is 11.8. The second-order valence-electron chi connectivity index (χ2n) is 3.69. The van der Waals surface area contributed by atoms with Crippen LogP contribution in [0, 0.1) is 6.92 Å². The molecule has 0 atom stereocenters. The highest BCUT2D eigenvalue weighted by molar-refractivity contribution is 9.10. The van der Waals surface area contributed by atoms with Crippen LogP contribution in [0.25, 0.3) is 0 Å². The molecule has 5 nitrogen and oxygen atoms in total. The second kappa shape index (κ2) is 5.94. The first-order valence-electron chi connectivity index (χ1n) is 5.39. The number of hydrazone groups is 1. The minimum absolute atomic E-state index is 0.310. The molecule has 1 heterocycles. The summed E-state index contributed by atoms with van der Waals surface area (Å²) < 4.78 is 0.909. The normalized spacial score (nSPS) is 10.8. The van der Waals surface area contributed by atoms with Crippen LogP contribution in [0.2, 0.25) is 0 Å². The molecule has 98 valence electrons. The first-order chi connectivity index (χ1) is 9.08. The summed E-state index contributed by atoms with van der Waals surface area (Å²) in [6.07, 6.45) is 1.57. The number of hydrogen-bond donors (Lipinski definition) is 2. The molecule has 0 saturated heterocycles. The summed E-state index contributed by atoms with van der Waals surface area (Å²) in [5, 5.41) is 4.29. The Hall–Kier alpha value is -1.73. The summed E-state index contributed by atoms with van der Waals surface area (Å²) in [5.74, 6) is -0.310. The molecule has 0 bridgehead atoms. The lowest BCUT2D eigenvalue weighted by atomic mass is 10.2. The van der Waals surface area contributed by atoms with Crippen LogP contribution in [0.15, 0.2) is 33.8 Å². The monoisotopic (exact) mass is 338 g/mol. The average molecular weight is 339 g/mol. The lowest BCUT2D eigenvalue weighted by Crippen LogP contribution is -2.17. The van der Waals surface area contributed by atoms with Crippen molar-refractivity contribution in [1.82, 2.24) is 10.4 Å². The summed E-state index contributed by atoms with van der Waals surface area (Å²) in [7, 11) is 0. The third-order valence-corrected chi connectivity index (χ3v) is 4.00. The Morgan fingerprint density at radius 3 is 2.89 bits per heavy atom. The van der Waals surface area contributed by atoms with Crippen molar-refractivity contribution in [2.45, 2.75) is 6.92 Å². The molecule has 0 fully saturated rings. The van der Waals surface area contributed by atoms with E-state index in [1.165, 1.54) is 0 Å². The van der Waals surface area contributed by atoms with Crippen molar-refractivity contribution >= 4 is 44.5 Å². The fourth-order valence-corrected chi connectivity index (χ4v) is 2.53. The van der Waals surface area contributed by atoms with E-state index < -0.39 is 0 Å². The molecule has 0 radical (unpaired) electrons. The number of carbonyl (C=O) groups excluding carboxylic acids is 1. The number of thiazole rings is 1. The fraction of sp³-hybridized carbons (Fsp3) is 0.0833. The highest BCUT2D eigenvalue weighted by Gasteiger charge is 2.13. The minimum Gasteiger partial charge on any atom is -0.375 e. The number of nitrogens with zero attached hydrogens (tertiary/aromatic N) is 2. The zero-order valence-corrected chi connectivity index (χ0v) is 12.5. The molecule has 3 N–H and O–H groups in total. The van der Waals surface area contributed by atoms with E-state index in [0.29, 0.717) is 15.7 Å². The van der Waals surface area contributed by atoms with Gasteiger partial charge in [-0.2, -0.15) is 5.10 Å². The predicted molar refractivity (Wildman–Crippen MR) is 80.5 cm³/mol. The highest BCUT2D eigenvalue weighted by Crippen LogP contribution is 2.19. The lowest BCUT2D eigenvalue weighted by Gasteiger charge is -1.98. The number of anilines is 1. The summed E-state index contributed by atoms with van der Waals surface area (Å²) in [6, 6.07) is 7.58. The molecule has 0 unspecified atom stereocenters. The molecule has 7 heteroatoms. The topological polar surface area (TPSA) is 80.4 Å². The largest absolute Gasteiger partial charge is 0.375 e. The van der Waals surface area contributed by atoms with Gasteiger partial charge in [-0.05, 0) is 13.0 Å². The molecule has 2 aromatic rings. The fourth-order valence-electron chi connectivity index (χ4n) is 1.42. The van der Waals surface area contributed by atoms with E-state index in [2.05, 4.69) is 31.4 Å². The number of hydrogen-bond acceptors (Lipinski definition) is 5. The number of nitrogens with two attached hydrogens (primary N) is 1. The van der Waals surface area contributed by atoms with Gasteiger partial charge in [-0.15, -0.1) is 0 Å². The van der Waals surface area contributed by atoms with E-state index >= 15 is 0 Å². The second-order valence-corrected chi connectivity index (χ2v) is 5.57. The van der Waals surface area contributed by atoms with Crippen LogP contribution >= 0.6 is 27.3 Å². The van der Waals surface area contributed by atoms with Crippen molar-refractivity contribution in [3.63, 3.8) is 0 Å². The van der Waals surface area contributed by atoms with Crippen LogP contribution < -0.4 is 11.2 Å². The van der Waals surface area contributed by atoms with Crippen molar-refractivity contribution in [1.29, 1.82) is 0 Å². The molecule has 0 aliphatic rings. The lowest BCUT2D eigenvalue weighted by molar-refractivity contribution is 0.0958. The molecule has 19 heavy (non-hydrogen) atoms. The maximum Gasteiger partial charge on any atom is 0.283 e. The van der Waals surface area contributed by atoms with Gasteiger partial charge in [0.2, 0.25) is 0 Å². The van der Waals surface area contributed by atoms with Gasteiger partial charge in [0.25, 0.3) is 5.91 Å². The molecule has 0 aliphatic heterocycles. The number of rotatable bonds is 3. The van der Waals surface area contributed by atoms with Gasteiger partial charge in [0.05, 0.1) is 11.9 Å². The van der Waals surface area contributed by atoms with Crippen LogP contribution in [-0.2, 0) is 0 Å². The predicted octanol–water partition coefficient (Wildman–Crippen LogP) is 2.56. The van der Waals surface area contributed by atoms with E-state index in [-0.39, 0.29) is 5.91 Å². The number of benzene rings is 1. The van der Waals surface area contributed by atoms with Crippen LogP contribution in [-0.4, -0.2) is 17.1 Å². The number of aromatic nitrogens is 1. The summed E-state index contributed by atoms with van der Waals surface area (Å²) in [5.41, 5.74) is 9.48. The van der Waals surface area contributed by atoms with Gasteiger partial charge in [0.15, 0.2) is 5.13 Å². The minimum atomic E-state index is -0.310. The number of nitrogens with one attached hydrogen (secondary N) is 1. The molecule has 1 aromatic heterocycles. The van der Waals surface area contributed by atoms with Crippen LogP contribution in [0.3, 0.4) is 0 Å². The summed E-state index contributed by atoms with van der Waals surface area (Å²) >= 11 is 4.54. The molecular formula is C12H11BrN4OS. The first kappa shape index (κ1) is 13.7. The maximum atomic E-state index is 11.8. The molecule has 0 saturated carbocycles. The van der Waals surface area contributed by atoms with Crippen LogP contribution in [0.4, 0.5) is 5.13 Å². The Kier molecular flexibility index (Phi) is 4.28. The SMILES string of the molecule is Cc1nc(N)sc1C(=O)N/N=C\c1ccccc1Br. The van der Waals surface area contributed by atoms with Crippen LogP contribution in [0.1, 0.15) is 20.9 Å². The molecule has 1 aromatic carbocycles. The average Bonchev–Trinajstić information content (AvgIpc) is 2.71. The third kappa shape index (κ3) is 3.39. The Morgan fingerprint density at radius 1 is 1.53 bits per heavy atom. The van der Waals surface area contributed by atoms with Gasteiger partial charge >= 0.3 is 0 Å². The van der Waals surface area contributed by atoms with E-state index in [1.807, 2.05) is 24.3 Å².